The summed E-state index contributed by atoms with van der Waals surface area (Å²) in [7, 11) is -0.940. The van der Waals surface area contributed by atoms with Crippen LogP contribution in [0.25, 0.3) is 0 Å². The van der Waals surface area contributed by atoms with Crippen LogP contribution in [-0.2, 0) is 14.8 Å². The number of sulfonamides is 1. The van der Waals surface area contributed by atoms with Crippen LogP contribution >= 0.6 is 0 Å². The molecule has 1 saturated heterocycles. The van der Waals surface area contributed by atoms with Gasteiger partial charge in [0.15, 0.2) is 0 Å². The number of ether oxygens (including phenoxy) is 3. The van der Waals surface area contributed by atoms with Gasteiger partial charge >= 0.3 is 6.09 Å². The summed E-state index contributed by atoms with van der Waals surface area (Å²) in [6.45, 7) is 1.11. The number of hydrogen-bond donors (Lipinski definition) is 1. The number of carbonyl (C=O) groups is 1. The Morgan fingerprint density at radius 1 is 1.32 bits per heavy atom. The van der Waals surface area contributed by atoms with Crippen molar-refractivity contribution in [2.45, 2.75) is 4.90 Å². The second-order valence-electron chi connectivity index (χ2n) is 4.52. The molecule has 0 spiro atoms. The molecule has 0 atom stereocenters. The van der Waals surface area contributed by atoms with Crippen molar-refractivity contribution >= 4 is 16.1 Å². The highest BCUT2D eigenvalue weighted by Gasteiger charge is 2.24. The Kier molecular flexibility index (Phi) is 5.09. The number of rotatable bonds is 7. The van der Waals surface area contributed by atoms with Crippen molar-refractivity contribution in [3.63, 3.8) is 0 Å². The molecule has 2 rings (SSSR count). The maximum absolute atomic E-state index is 12.4. The lowest BCUT2D eigenvalue weighted by molar-refractivity contribution is 0.159. The Bertz CT molecular complexity index is 646. The number of amides is 1. The van der Waals surface area contributed by atoms with Gasteiger partial charge in [-0.15, -0.1) is 0 Å². The van der Waals surface area contributed by atoms with Gasteiger partial charge in [-0.05, 0) is 12.1 Å². The fourth-order valence-corrected chi connectivity index (χ4v) is 3.22. The van der Waals surface area contributed by atoms with Gasteiger partial charge in [-0.2, -0.15) is 0 Å². The highest BCUT2D eigenvalue weighted by atomic mass is 32.2. The molecule has 1 N–H and O–H groups in total. The molecule has 122 valence electrons. The molecule has 1 aromatic carbocycles. The summed E-state index contributed by atoms with van der Waals surface area (Å²) in [5.41, 5.74) is 0. The summed E-state index contributed by atoms with van der Waals surface area (Å²) in [4.78, 5) is 12.7. The van der Waals surface area contributed by atoms with Crippen LogP contribution in [0.5, 0.6) is 11.5 Å². The predicted octanol–water partition coefficient (Wildman–Crippen LogP) is 0.434. The molecule has 1 aromatic rings. The summed E-state index contributed by atoms with van der Waals surface area (Å²) >= 11 is 0. The van der Waals surface area contributed by atoms with Gasteiger partial charge in [0.05, 0.1) is 20.8 Å². The van der Waals surface area contributed by atoms with Crippen molar-refractivity contribution < 1.29 is 27.4 Å². The largest absolute Gasteiger partial charge is 0.497 e. The first-order valence-corrected chi connectivity index (χ1v) is 8.09. The first kappa shape index (κ1) is 16.4. The van der Waals surface area contributed by atoms with Crippen LogP contribution in [0.1, 0.15) is 0 Å². The van der Waals surface area contributed by atoms with Crippen molar-refractivity contribution in [3.8, 4) is 11.5 Å². The molecule has 1 aliphatic rings. The van der Waals surface area contributed by atoms with E-state index in [0.29, 0.717) is 18.9 Å². The first-order valence-electron chi connectivity index (χ1n) is 6.61. The SMILES string of the molecule is COc1ccc(OC)c(S(=O)(=O)NCCN2CCOC2=O)c1. The molecule has 0 unspecified atom stereocenters. The van der Waals surface area contributed by atoms with E-state index < -0.39 is 16.1 Å². The van der Waals surface area contributed by atoms with Gasteiger partial charge in [-0.1, -0.05) is 0 Å². The monoisotopic (exact) mass is 330 g/mol. The molecule has 22 heavy (non-hydrogen) atoms. The number of benzene rings is 1. The molecule has 0 bridgehead atoms. The van der Waals surface area contributed by atoms with Crippen LogP contribution in [0.15, 0.2) is 23.1 Å². The average molecular weight is 330 g/mol. The topological polar surface area (TPSA) is 94.2 Å². The van der Waals surface area contributed by atoms with Crippen LogP contribution in [0.2, 0.25) is 0 Å². The predicted molar refractivity (Wildman–Crippen MR) is 77.7 cm³/mol. The fourth-order valence-electron chi connectivity index (χ4n) is 2.02. The van der Waals surface area contributed by atoms with Crippen LogP contribution in [0, 0.1) is 0 Å². The first-order chi connectivity index (χ1) is 10.5. The van der Waals surface area contributed by atoms with Gasteiger partial charge in [0.1, 0.15) is 23.0 Å². The Balaban J connectivity index is 2.07. The van der Waals surface area contributed by atoms with Crippen molar-refractivity contribution in [1.29, 1.82) is 0 Å². The number of carbonyl (C=O) groups excluding carboxylic acids is 1. The maximum atomic E-state index is 12.4. The van der Waals surface area contributed by atoms with E-state index in [-0.39, 0.29) is 23.7 Å². The van der Waals surface area contributed by atoms with Gasteiger partial charge in [0.2, 0.25) is 10.0 Å². The molecule has 1 heterocycles. The minimum absolute atomic E-state index is 0.0154. The Morgan fingerprint density at radius 2 is 2.09 bits per heavy atom. The summed E-state index contributed by atoms with van der Waals surface area (Å²) in [5, 5.41) is 0. The quantitative estimate of drug-likeness (QED) is 0.779. The lowest BCUT2D eigenvalue weighted by Gasteiger charge is -2.15. The molecular weight excluding hydrogens is 312 g/mol. The lowest BCUT2D eigenvalue weighted by atomic mass is 10.3. The molecule has 0 saturated carbocycles. The minimum atomic E-state index is -3.78. The van der Waals surface area contributed by atoms with Gasteiger partial charge in [0.25, 0.3) is 0 Å². The standard InChI is InChI=1S/C13H18N2O6S/c1-19-10-3-4-11(20-2)12(9-10)22(17,18)14-5-6-15-7-8-21-13(15)16/h3-4,9,14H,5-8H2,1-2H3. The Hall–Kier alpha value is -2.00. The number of methoxy groups -OCH3 is 2. The van der Waals surface area contributed by atoms with Crippen LogP contribution in [-0.4, -0.2) is 59.9 Å². The zero-order valence-corrected chi connectivity index (χ0v) is 13.2. The van der Waals surface area contributed by atoms with Crippen LogP contribution in [0.3, 0.4) is 0 Å². The van der Waals surface area contributed by atoms with Crippen molar-refractivity contribution in [3.05, 3.63) is 18.2 Å². The molecule has 1 fully saturated rings. The number of hydrogen-bond acceptors (Lipinski definition) is 6. The number of nitrogens with zero attached hydrogens (tertiary/aromatic N) is 1. The van der Waals surface area contributed by atoms with E-state index in [9.17, 15) is 13.2 Å². The van der Waals surface area contributed by atoms with E-state index in [1.807, 2.05) is 0 Å². The highest BCUT2D eigenvalue weighted by Crippen LogP contribution is 2.27. The molecule has 0 aliphatic carbocycles. The Morgan fingerprint density at radius 3 is 2.68 bits per heavy atom. The second-order valence-corrected chi connectivity index (χ2v) is 6.25. The van der Waals surface area contributed by atoms with E-state index in [1.165, 1.54) is 31.3 Å². The molecule has 1 aliphatic heterocycles. The third-order valence-electron chi connectivity index (χ3n) is 3.18. The van der Waals surface area contributed by atoms with Crippen molar-refractivity contribution in [2.75, 3.05) is 40.5 Å². The summed E-state index contributed by atoms with van der Waals surface area (Å²) in [6.07, 6.45) is -0.432. The third-order valence-corrected chi connectivity index (χ3v) is 4.66. The van der Waals surface area contributed by atoms with Gasteiger partial charge in [0, 0.05) is 19.2 Å². The van der Waals surface area contributed by atoms with E-state index in [1.54, 1.807) is 6.07 Å². The second kappa shape index (κ2) is 6.84. The fraction of sp³-hybridized carbons (Fsp3) is 0.462. The molecule has 8 nitrogen and oxygen atoms in total. The zero-order chi connectivity index (χ0) is 16.2. The highest BCUT2D eigenvalue weighted by molar-refractivity contribution is 7.89. The van der Waals surface area contributed by atoms with Crippen LogP contribution < -0.4 is 14.2 Å². The molecule has 1 amide bonds. The normalized spacial score (nSPS) is 14.8. The van der Waals surface area contributed by atoms with Crippen molar-refractivity contribution in [2.24, 2.45) is 0 Å². The molecular formula is C13H18N2O6S. The zero-order valence-electron chi connectivity index (χ0n) is 12.4. The minimum Gasteiger partial charge on any atom is -0.497 e. The average Bonchev–Trinajstić information content (AvgIpc) is 2.92. The number of cyclic esters (lactones) is 1. The Labute approximate surface area is 129 Å². The number of nitrogens with one attached hydrogen (secondary N) is 1. The van der Waals surface area contributed by atoms with Gasteiger partial charge < -0.3 is 19.1 Å². The van der Waals surface area contributed by atoms with E-state index in [2.05, 4.69) is 4.72 Å². The smallest absolute Gasteiger partial charge is 0.409 e. The third kappa shape index (κ3) is 3.60. The summed E-state index contributed by atoms with van der Waals surface area (Å²) in [6, 6.07) is 4.51. The van der Waals surface area contributed by atoms with Gasteiger partial charge in [-0.3, -0.25) is 0 Å². The molecule has 0 radical (unpaired) electrons. The molecule has 9 heteroatoms. The summed E-state index contributed by atoms with van der Waals surface area (Å²) in [5.74, 6) is 0.623. The van der Waals surface area contributed by atoms with Crippen molar-refractivity contribution in [1.82, 2.24) is 9.62 Å². The van der Waals surface area contributed by atoms with Crippen LogP contribution in [0.4, 0.5) is 4.79 Å². The van der Waals surface area contributed by atoms with Gasteiger partial charge in [-0.25, -0.2) is 17.9 Å². The molecule has 0 aromatic heterocycles. The lowest BCUT2D eigenvalue weighted by Crippen LogP contribution is -2.35. The maximum Gasteiger partial charge on any atom is 0.409 e. The van der Waals surface area contributed by atoms with E-state index in [4.69, 9.17) is 14.2 Å². The summed E-state index contributed by atoms with van der Waals surface area (Å²) < 4.78 is 42.0. The van der Waals surface area contributed by atoms with E-state index in [0.717, 1.165) is 0 Å². The van der Waals surface area contributed by atoms with E-state index >= 15 is 0 Å².